The molecular formula is C12H24N2O. The number of hydrogen-bond acceptors (Lipinski definition) is 3. The number of ether oxygens (including phenoxy) is 1. The summed E-state index contributed by atoms with van der Waals surface area (Å²) in [5.74, 6) is 0.990. The van der Waals surface area contributed by atoms with Crippen LogP contribution in [0, 0.1) is 5.92 Å². The highest BCUT2D eigenvalue weighted by Crippen LogP contribution is 2.29. The maximum absolute atomic E-state index is 5.97. The minimum atomic E-state index is 0.453. The highest BCUT2D eigenvalue weighted by atomic mass is 16.5. The molecule has 3 heteroatoms. The van der Waals surface area contributed by atoms with Crippen LogP contribution in [-0.2, 0) is 4.74 Å². The van der Waals surface area contributed by atoms with E-state index in [-0.39, 0.29) is 0 Å². The lowest BCUT2D eigenvalue weighted by Gasteiger charge is -2.21. The Morgan fingerprint density at radius 3 is 2.53 bits per heavy atom. The Morgan fingerprint density at radius 2 is 1.87 bits per heavy atom. The summed E-state index contributed by atoms with van der Waals surface area (Å²) in [6, 6.07) is 0. The molecule has 0 aromatic carbocycles. The van der Waals surface area contributed by atoms with E-state index >= 15 is 0 Å². The molecule has 0 amide bonds. The van der Waals surface area contributed by atoms with Gasteiger partial charge in [0.25, 0.3) is 0 Å². The van der Waals surface area contributed by atoms with Crippen LogP contribution in [0.3, 0.4) is 0 Å². The number of rotatable bonds is 6. The quantitative estimate of drug-likeness (QED) is 0.713. The summed E-state index contributed by atoms with van der Waals surface area (Å²) in [6.07, 6.45) is 6.28. The minimum Gasteiger partial charge on any atom is -0.372 e. The summed E-state index contributed by atoms with van der Waals surface area (Å²) < 4.78 is 5.97. The molecule has 2 aliphatic rings. The van der Waals surface area contributed by atoms with Crippen LogP contribution in [0.4, 0.5) is 0 Å². The van der Waals surface area contributed by atoms with Gasteiger partial charge in [-0.3, -0.25) is 0 Å². The number of nitrogens with zero attached hydrogens (tertiary/aromatic N) is 1. The van der Waals surface area contributed by atoms with Gasteiger partial charge >= 0.3 is 0 Å². The molecule has 88 valence electrons. The lowest BCUT2D eigenvalue weighted by molar-refractivity contribution is 0.0281. The molecule has 15 heavy (non-hydrogen) atoms. The Bertz CT molecular complexity index is 194. The molecule has 1 heterocycles. The minimum absolute atomic E-state index is 0.453. The van der Waals surface area contributed by atoms with Crippen molar-refractivity contribution >= 4 is 0 Å². The van der Waals surface area contributed by atoms with Crippen LogP contribution >= 0.6 is 0 Å². The molecule has 0 aromatic rings. The summed E-state index contributed by atoms with van der Waals surface area (Å²) in [5, 5.41) is 3.19. The average Bonchev–Trinajstić information content (AvgIpc) is 2.88. The molecule has 1 aliphatic heterocycles. The number of likely N-dealkylation sites (N-methyl/N-ethyl adjacent to an activating group) is 2. The molecule has 2 fully saturated rings. The molecule has 2 rings (SSSR count). The van der Waals surface area contributed by atoms with Crippen molar-refractivity contribution in [3.05, 3.63) is 0 Å². The molecule has 1 aliphatic carbocycles. The first-order valence-corrected chi connectivity index (χ1v) is 6.26. The monoisotopic (exact) mass is 212 g/mol. The van der Waals surface area contributed by atoms with Crippen molar-refractivity contribution in [1.29, 1.82) is 0 Å². The zero-order valence-electron chi connectivity index (χ0n) is 10.0. The Labute approximate surface area is 93.2 Å². The zero-order valence-corrected chi connectivity index (χ0v) is 10.0. The van der Waals surface area contributed by atoms with Gasteiger partial charge in [0.05, 0.1) is 12.2 Å². The van der Waals surface area contributed by atoms with Gasteiger partial charge in [-0.1, -0.05) is 0 Å². The normalized spacial score (nSPS) is 31.4. The molecule has 1 saturated heterocycles. The molecule has 0 spiro atoms. The van der Waals surface area contributed by atoms with Gasteiger partial charge < -0.3 is 15.0 Å². The Hall–Kier alpha value is -0.120. The highest BCUT2D eigenvalue weighted by Gasteiger charge is 2.28. The second-order valence-electron chi connectivity index (χ2n) is 5.18. The Kier molecular flexibility index (Phi) is 4.00. The third-order valence-electron chi connectivity index (χ3n) is 3.41. The van der Waals surface area contributed by atoms with Crippen molar-refractivity contribution in [2.75, 3.05) is 33.7 Å². The lowest BCUT2D eigenvalue weighted by atomic mass is 10.2. The number of nitrogens with one attached hydrogen (secondary N) is 1. The van der Waals surface area contributed by atoms with Crippen LogP contribution in [0.2, 0.25) is 0 Å². The smallest absolute Gasteiger partial charge is 0.0707 e. The maximum Gasteiger partial charge on any atom is 0.0707 e. The van der Waals surface area contributed by atoms with Gasteiger partial charge in [-0.15, -0.1) is 0 Å². The van der Waals surface area contributed by atoms with E-state index in [4.69, 9.17) is 4.74 Å². The molecule has 0 aromatic heterocycles. The second kappa shape index (κ2) is 5.28. The highest BCUT2D eigenvalue weighted by molar-refractivity contribution is 4.80. The lowest BCUT2D eigenvalue weighted by Crippen LogP contribution is -2.32. The summed E-state index contributed by atoms with van der Waals surface area (Å²) in [7, 11) is 4.23. The van der Waals surface area contributed by atoms with Gasteiger partial charge in [0.1, 0.15) is 0 Å². The summed E-state index contributed by atoms with van der Waals surface area (Å²) in [4.78, 5) is 2.45. The van der Waals surface area contributed by atoms with Crippen molar-refractivity contribution in [1.82, 2.24) is 10.2 Å². The summed E-state index contributed by atoms with van der Waals surface area (Å²) >= 11 is 0. The fraction of sp³-hybridized carbons (Fsp3) is 1.00. The van der Waals surface area contributed by atoms with Gasteiger partial charge in [0.2, 0.25) is 0 Å². The molecule has 1 N–H and O–H groups in total. The standard InChI is InChI=1S/C12H24N2O/c1-13-7-11-5-6-12(15-11)9-14(2)8-10-3-4-10/h10-13H,3-9H2,1-2H3. The predicted octanol–water partition coefficient (Wildman–Crippen LogP) is 1.10. The zero-order chi connectivity index (χ0) is 10.7. The van der Waals surface area contributed by atoms with Crippen LogP contribution in [-0.4, -0.2) is 50.8 Å². The van der Waals surface area contributed by atoms with Crippen molar-refractivity contribution in [3.63, 3.8) is 0 Å². The van der Waals surface area contributed by atoms with Crippen LogP contribution in [0.1, 0.15) is 25.7 Å². The molecule has 3 nitrogen and oxygen atoms in total. The first-order valence-electron chi connectivity index (χ1n) is 6.26. The largest absolute Gasteiger partial charge is 0.372 e. The van der Waals surface area contributed by atoms with E-state index < -0.39 is 0 Å². The third-order valence-corrected chi connectivity index (χ3v) is 3.41. The van der Waals surface area contributed by atoms with Crippen molar-refractivity contribution in [3.8, 4) is 0 Å². The second-order valence-corrected chi connectivity index (χ2v) is 5.18. The van der Waals surface area contributed by atoms with Crippen LogP contribution in [0.15, 0.2) is 0 Å². The van der Waals surface area contributed by atoms with Crippen molar-refractivity contribution < 1.29 is 4.74 Å². The van der Waals surface area contributed by atoms with Gasteiger partial charge in [0, 0.05) is 19.6 Å². The Balaban J connectivity index is 1.62. The molecule has 2 atom stereocenters. The first-order chi connectivity index (χ1) is 7.28. The summed E-state index contributed by atoms with van der Waals surface area (Å²) in [5.41, 5.74) is 0. The van der Waals surface area contributed by atoms with Gasteiger partial charge in [-0.25, -0.2) is 0 Å². The maximum atomic E-state index is 5.97. The third kappa shape index (κ3) is 3.74. The van der Waals surface area contributed by atoms with Crippen molar-refractivity contribution in [2.24, 2.45) is 5.92 Å². The molecule has 0 bridgehead atoms. The average molecular weight is 212 g/mol. The van der Waals surface area contributed by atoms with Crippen LogP contribution in [0.5, 0.6) is 0 Å². The van der Waals surface area contributed by atoms with E-state index in [0.29, 0.717) is 12.2 Å². The van der Waals surface area contributed by atoms with Gasteiger partial charge in [-0.2, -0.15) is 0 Å². The Morgan fingerprint density at radius 1 is 1.13 bits per heavy atom. The molecule has 1 saturated carbocycles. The van der Waals surface area contributed by atoms with Gasteiger partial charge in [-0.05, 0) is 45.7 Å². The fourth-order valence-electron chi connectivity index (χ4n) is 2.46. The van der Waals surface area contributed by atoms with E-state index in [1.54, 1.807) is 0 Å². The van der Waals surface area contributed by atoms with Gasteiger partial charge in [0.15, 0.2) is 0 Å². The van der Waals surface area contributed by atoms with E-state index in [9.17, 15) is 0 Å². The predicted molar refractivity (Wildman–Crippen MR) is 62.0 cm³/mol. The number of hydrogen-bond donors (Lipinski definition) is 1. The van der Waals surface area contributed by atoms with E-state index in [1.165, 1.54) is 32.2 Å². The van der Waals surface area contributed by atoms with E-state index in [1.807, 2.05) is 7.05 Å². The topological polar surface area (TPSA) is 24.5 Å². The molecule has 0 radical (unpaired) electrons. The SMILES string of the molecule is CNCC1CCC(CN(C)CC2CC2)O1. The fourth-order valence-corrected chi connectivity index (χ4v) is 2.46. The van der Waals surface area contributed by atoms with Crippen LogP contribution in [0.25, 0.3) is 0 Å². The first kappa shape index (κ1) is 11.4. The van der Waals surface area contributed by atoms with Crippen LogP contribution < -0.4 is 5.32 Å². The van der Waals surface area contributed by atoms with E-state index in [2.05, 4.69) is 17.3 Å². The molecule has 2 unspecified atom stereocenters. The molecular weight excluding hydrogens is 188 g/mol. The van der Waals surface area contributed by atoms with E-state index in [0.717, 1.165) is 19.0 Å². The van der Waals surface area contributed by atoms with Crippen molar-refractivity contribution in [2.45, 2.75) is 37.9 Å². The summed E-state index contributed by atoms with van der Waals surface area (Å²) in [6.45, 7) is 3.40.